The molecule has 0 aromatic carbocycles. The molecular formula is C19H24N2O3. The summed E-state index contributed by atoms with van der Waals surface area (Å²) in [7, 11) is 0. The third-order valence-electron chi connectivity index (χ3n) is 4.71. The molecule has 1 aliphatic carbocycles. The number of aromatic nitrogens is 1. The molecule has 24 heavy (non-hydrogen) atoms. The quantitative estimate of drug-likeness (QED) is 0.856. The number of aryl methyl sites for hydroxylation is 3. The van der Waals surface area contributed by atoms with Crippen LogP contribution in [0.5, 0.6) is 0 Å². The van der Waals surface area contributed by atoms with Crippen molar-refractivity contribution in [1.29, 1.82) is 0 Å². The molecule has 2 atom stereocenters. The fraction of sp³-hybridized carbons (Fsp3) is 0.474. The van der Waals surface area contributed by atoms with E-state index in [1.54, 1.807) is 0 Å². The molecule has 2 heterocycles. The topological polar surface area (TPSA) is 75.1 Å². The summed E-state index contributed by atoms with van der Waals surface area (Å²) in [4.78, 5) is 26.7. The van der Waals surface area contributed by atoms with Crippen LogP contribution in [-0.2, 0) is 17.8 Å². The summed E-state index contributed by atoms with van der Waals surface area (Å²) in [6.45, 7) is 6.20. The Morgan fingerprint density at radius 2 is 2.12 bits per heavy atom. The first-order chi connectivity index (χ1) is 11.4. The van der Waals surface area contributed by atoms with E-state index in [0.29, 0.717) is 30.2 Å². The Bertz CT molecular complexity index is 803. The molecule has 5 heteroatoms. The summed E-state index contributed by atoms with van der Waals surface area (Å²) in [6, 6.07) is 5.89. The summed E-state index contributed by atoms with van der Waals surface area (Å²) >= 11 is 0. The van der Waals surface area contributed by atoms with Gasteiger partial charge in [0.1, 0.15) is 11.5 Å². The van der Waals surface area contributed by atoms with Gasteiger partial charge in [-0.3, -0.25) is 9.59 Å². The van der Waals surface area contributed by atoms with Crippen LogP contribution in [0.25, 0.3) is 0 Å². The minimum atomic E-state index is -0.137. The lowest BCUT2D eigenvalue weighted by Crippen LogP contribution is -2.28. The first-order valence-corrected chi connectivity index (χ1v) is 8.48. The summed E-state index contributed by atoms with van der Waals surface area (Å²) in [5.74, 6) is 3.09. The maximum absolute atomic E-state index is 12.0. The predicted octanol–water partition coefficient (Wildman–Crippen LogP) is 2.96. The molecule has 2 aromatic heterocycles. The lowest BCUT2D eigenvalue weighted by Gasteiger charge is -2.07. The minimum absolute atomic E-state index is 0.0767. The first kappa shape index (κ1) is 16.6. The predicted molar refractivity (Wildman–Crippen MR) is 91.9 cm³/mol. The van der Waals surface area contributed by atoms with Crippen molar-refractivity contribution in [3.63, 3.8) is 0 Å². The van der Waals surface area contributed by atoms with Crippen molar-refractivity contribution >= 4 is 5.91 Å². The van der Waals surface area contributed by atoms with Gasteiger partial charge in [-0.05, 0) is 49.9 Å². The Hall–Kier alpha value is -2.30. The second-order valence-corrected chi connectivity index (χ2v) is 6.84. The molecule has 0 unspecified atom stereocenters. The van der Waals surface area contributed by atoms with E-state index in [4.69, 9.17) is 4.42 Å². The monoisotopic (exact) mass is 328 g/mol. The minimum Gasteiger partial charge on any atom is -0.466 e. The van der Waals surface area contributed by atoms with E-state index in [2.05, 4.69) is 17.2 Å². The van der Waals surface area contributed by atoms with Crippen LogP contribution in [0, 0.1) is 19.8 Å². The number of carbonyl (C=O) groups excluding carboxylic acids is 1. The van der Waals surface area contributed by atoms with E-state index in [9.17, 15) is 9.59 Å². The molecule has 0 bridgehead atoms. The highest BCUT2D eigenvalue weighted by atomic mass is 16.3. The van der Waals surface area contributed by atoms with Gasteiger partial charge >= 0.3 is 0 Å². The van der Waals surface area contributed by atoms with Gasteiger partial charge in [-0.25, -0.2) is 0 Å². The van der Waals surface area contributed by atoms with Crippen molar-refractivity contribution in [2.45, 2.75) is 52.5 Å². The lowest BCUT2D eigenvalue weighted by molar-refractivity contribution is -0.121. The molecule has 1 fully saturated rings. The molecule has 2 N–H and O–H groups in total. The molecule has 2 aromatic rings. The maximum atomic E-state index is 12.0. The molecule has 5 nitrogen and oxygen atoms in total. The molecule has 1 aliphatic rings. The van der Waals surface area contributed by atoms with E-state index >= 15 is 0 Å². The average molecular weight is 328 g/mol. The smallest absolute Gasteiger partial charge is 0.253 e. The van der Waals surface area contributed by atoms with Crippen LogP contribution in [0.15, 0.2) is 27.4 Å². The third kappa shape index (κ3) is 3.78. The Morgan fingerprint density at radius 3 is 2.79 bits per heavy atom. The Balaban J connectivity index is 1.49. The van der Waals surface area contributed by atoms with Gasteiger partial charge in [-0.1, -0.05) is 6.92 Å². The second kappa shape index (κ2) is 6.67. The van der Waals surface area contributed by atoms with Crippen LogP contribution in [0.1, 0.15) is 54.0 Å². The highest BCUT2D eigenvalue weighted by Crippen LogP contribution is 2.47. The number of hydrogen-bond donors (Lipinski definition) is 2. The highest BCUT2D eigenvalue weighted by molar-refractivity contribution is 5.76. The fourth-order valence-corrected chi connectivity index (χ4v) is 3.06. The Kier molecular flexibility index (Phi) is 4.60. The molecule has 0 radical (unpaired) electrons. The van der Waals surface area contributed by atoms with Gasteiger partial charge in [-0.15, -0.1) is 0 Å². The van der Waals surface area contributed by atoms with E-state index in [0.717, 1.165) is 22.8 Å². The first-order valence-electron chi connectivity index (χ1n) is 8.48. The van der Waals surface area contributed by atoms with Crippen LogP contribution in [-0.4, -0.2) is 10.9 Å². The van der Waals surface area contributed by atoms with Crippen LogP contribution in [0.4, 0.5) is 0 Å². The molecule has 128 valence electrons. The van der Waals surface area contributed by atoms with Gasteiger partial charge in [0.25, 0.3) is 5.56 Å². The van der Waals surface area contributed by atoms with Crippen LogP contribution < -0.4 is 10.9 Å². The number of aromatic amines is 1. The van der Waals surface area contributed by atoms with Crippen LogP contribution in [0.3, 0.4) is 0 Å². The summed E-state index contributed by atoms with van der Waals surface area (Å²) in [6.07, 6.45) is 2.13. The largest absolute Gasteiger partial charge is 0.466 e. The number of hydrogen-bond acceptors (Lipinski definition) is 3. The van der Waals surface area contributed by atoms with E-state index < -0.39 is 0 Å². The number of H-pyrrole nitrogens is 1. The number of rotatable bonds is 6. The van der Waals surface area contributed by atoms with Gasteiger partial charge in [0.15, 0.2) is 0 Å². The highest BCUT2D eigenvalue weighted by Gasteiger charge is 2.36. The van der Waals surface area contributed by atoms with Crippen molar-refractivity contribution in [3.8, 4) is 0 Å². The molecule has 0 aliphatic heterocycles. The second-order valence-electron chi connectivity index (χ2n) is 6.84. The van der Waals surface area contributed by atoms with Gasteiger partial charge < -0.3 is 14.7 Å². The Morgan fingerprint density at radius 1 is 1.38 bits per heavy atom. The third-order valence-corrected chi connectivity index (χ3v) is 4.71. The van der Waals surface area contributed by atoms with Crippen LogP contribution in [0.2, 0.25) is 0 Å². The number of pyridine rings is 1. The van der Waals surface area contributed by atoms with Crippen molar-refractivity contribution in [2.24, 2.45) is 5.92 Å². The van der Waals surface area contributed by atoms with Crippen molar-refractivity contribution < 1.29 is 9.21 Å². The number of furan rings is 1. The van der Waals surface area contributed by atoms with E-state index in [1.807, 2.05) is 32.0 Å². The zero-order chi connectivity index (χ0) is 17.3. The van der Waals surface area contributed by atoms with E-state index in [-0.39, 0.29) is 18.0 Å². The summed E-state index contributed by atoms with van der Waals surface area (Å²) in [5, 5.41) is 2.82. The zero-order valence-electron chi connectivity index (χ0n) is 14.4. The van der Waals surface area contributed by atoms with Gasteiger partial charge in [0, 0.05) is 36.6 Å². The Labute approximate surface area is 141 Å². The molecule has 1 amide bonds. The summed E-state index contributed by atoms with van der Waals surface area (Å²) < 4.78 is 5.81. The maximum Gasteiger partial charge on any atom is 0.253 e. The number of amides is 1. The van der Waals surface area contributed by atoms with Gasteiger partial charge in [-0.2, -0.15) is 0 Å². The molecular weight excluding hydrogens is 304 g/mol. The molecule has 0 saturated heterocycles. The van der Waals surface area contributed by atoms with Crippen molar-refractivity contribution in [1.82, 2.24) is 10.3 Å². The zero-order valence-corrected chi connectivity index (χ0v) is 14.4. The van der Waals surface area contributed by atoms with Crippen molar-refractivity contribution in [2.75, 3.05) is 0 Å². The van der Waals surface area contributed by atoms with Gasteiger partial charge in [0.2, 0.25) is 5.91 Å². The lowest BCUT2D eigenvalue weighted by atomic mass is 10.1. The van der Waals surface area contributed by atoms with Gasteiger partial charge in [0.05, 0.1) is 0 Å². The number of nitrogens with one attached hydrogen (secondary N) is 2. The molecule has 1 saturated carbocycles. The normalized spacial score (nSPS) is 19.3. The number of carbonyl (C=O) groups is 1. The average Bonchev–Trinajstić information content (AvgIpc) is 3.06. The fourth-order valence-electron chi connectivity index (χ4n) is 3.06. The SMILES string of the molecule is Cc1cc(C)c(CNC(=O)CCc2ccc([C@@H]3C[C@H]3C)o2)c(=O)[nH]1. The standard InChI is InChI=1S/C19H24N2O3/c1-11-8-13(3)21-19(23)16(11)10-20-18(22)7-5-14-4-6-17(24-14)15-9-12(15)2/h4,6,8,12,15H,5,7,9-10H2,1-3H3,(H,20,22)(H,21,23)/t12-,15-/m1/s1. The van der Waals surface area contributed by atoms with E-state index in [1.165, 1.54) is 6.42 Å². The van der Waals surface area contributed by atoms with Crippen LogP contribution >= 0.6 is 0 Å². The van der Waals surface area contributed by atoms with Crippen molar-refractivity contribution in [3.05, 3.63) is 56.9 Å². The molecule has 0 spiro atoms. The summed E-state index contributed by atoms with van der Waals surface area (Å²) in [5.41, 5.74) is 2.19. The molecule has 3 rings (SSSR count).